The molecule has 0 radical (unpaired) electrons. The molecular weight excluding hydrogens is 250 g/mol. The predicted octanol–water partition coefficient (Wildman–Crippen LogP) is 1.23. The fraction of sp³-hybridized carbons (Fsp3) is 0.308. The molecule has 1 aromatic carbocycles. The van der Waals surface area contributed by atoms with Crippen LogP contribution < -0.4 is 5.32 Å². The van der Waals surface area contributed by atoms with Gasteiger partial charge in [0.25, 0.3) is 5.91 Å². The van der Waals surface area contributed by atoms with Gasteiger partial charge in [-0.2, -0.15) is 0 Å². The zero-order valence-electron chi connectivity index (χ0n) is 10.4. The van der Waals surface area contributed by atoms with Gasteiger partial charge in [0.15, 0.2) is 9.84 Å². The quantitative estimate of drug-likeness (QED) is 0.658. The number of carbonyl (C=O) groups is 1. The van der Waals surface area contributed by atoms with E-state index in [0.29, 0.717) is 18.5 Å². The second kappa shape index (κ2) is 6.22. The topological polar surface area (TPSA) is 63.2 Å². The molecule has 1 aromatic rings. The summed E-state index contributed by atoms with van der Waals surface area (Å²) in [5, 5.41) is 2.70. The molecule has 0 unspecified atom stereocenters. The first kappa shape index (κ1) is 14.3. The molecule has 1 rings (SSSR count). The van der Waals surface area contributed by atoms with Crippen molar-refractivity contribution in [3.8, 4) is 11.8 Å². The summed E-state index contributed by atoms with van der Waals surface area (Å²) in [5.41, 5.74) is 0.437. The average Bonchev–Trinajstić information content (AvgIpc) is 2.33. The lowest BCUT2D eigenvalue weighted by molar-refractivity contribution is 0.0954. The Labute approximate surface area is 107 Å². The first-order valence-corrected chi connectivity index (χ1v) is 7.32. The number of amides is 1. The zero-order chi connectivity index (χ0) is 13.6. The van der Waals surface area contributed by atoms with E-state index in [9.17, 15) is 13.2 Å². The molecule has 0 aromatic heterocycles. The largest absolute Gasteiger partial charge is 0.351 e. The van der Waals surface area contributed by atoms with Gasteiger partial charge in [-0.15, -0.1) is 11.8 Å². The Hall–Kier alpha value is -1.80. The number of hydrogen-bond donors (Lipinski definition) is 1. The summed E-state index contributed by atoms with van der Waals surface area (Å²) in [4.78, 5) is 11.9. The van der Waals surface area contributed by atoms with Crippen LogP contribution in [0.1, 0.15) is 23.7 Å². The summed E-state index contributed by atoms with van der Waals surface area (Å²) in [7, 11) is -3.22. The van der Waals surface area contributed by atoms with Crippen molar-refractivity contribution in [1.29, 1.82) is 0 Å². The average molecular weight is 265 g/mol. The molecule has 5 heteroatoms. The van der Waals surface area contributed by atoms with E-state index in [1.54, 1.807) is 6.92 Å². The van der Waals surface area contributed by atoms with Crippen LogP contribution in [0, 0.1) is 11.8 Å². The third kappa shape index (κ3) is 4.22. The van der Waals surface area contributed by atoms with Gasteiger partial charge in [-0.3, -0.25) is 4.79 Å². The van der Waals surface area contributed by atoms with E-state index in [1.165, 1.54) is 24.3 Å². The van der Waals surface area contributed by atoms with Crippen LogP contribution in [0.25, 0.3) is 0 Å². The highest BCUT2D eigenvalue weighted by molar-refractivity contribution is 7.90. The summed E-state index contributed by atoms with van der Waals surface area (Å²) < 4.78 is 22.5. The predicted molar refractivity (Wildman–Crippen MR) is 70.0 cm³/mol. The maximum Gasteiger partial charge on any atom is 0.251 e. The molecule has 4 nitrogen and oxygen atoms in total. The van der Waals surface area contributed by atoms with Gasteiger partial charge in [0.2, 0.25) is 0 Å². The molecule has 0 heterocycles. The van der Waals surface area contributed by atoms with Gasteiger partial charge in [-0.1, -0.05) is 0 Å². The van der Waals surface area contributed by atoms with Gasteiger partial charge in [0, 0.05) is 24.8 Å². The van der Waals surface area contributed by atoms with Gasteiger partial charge in [-0.05, 0) is 31.2 Å². The number of nitrogens with one attached hydrogen (secondary N) is 1. The number of hydrogen-bond acceptors (Lipinski definition) is 3. The fourth-order valence-corrected chi connectivity index (χ4v) is 1.95. The van der Waals surface area contributed by atoms with Crippen LogP contribution in [0.3, 0.4) is 0 Å². The van der Waals surface area contributed by atoms with E-state index in [2.05, 4.69) is 17.2 Å². The van der Waals surface area contributed by atoms with Gasteiger partial charge >= 0.3 is 0 Å². The lowest BCUT2D eigenvalue weighted by atomic mass is 10.2. The van der Waals surface area contributed by atoms with Crippen molar-refractivity contribution in [1.82, 2.24) is 5.32 Å². The minimum atomic E-state index is -3.22. The number of rotatable bonds is 4. The Balaban J connectivity index is 2.67. The molecule has 0 aliphatic carbocycles. The van der Waals surface area contributed by atoms with Crippen LogP contribution in [0.4, 0.5) is 0 Å². The van der Waals surface area contributed by atoms with E-state index in [-0.39, 0.29) is 10.8 Å². The van der Waals surface area contributed by atoms with Crippen molar-refractivity contribution in [3.63, 3.8) is 0 Å². The van der Waals surface area contributed by atoms with E-state index >= 15 is 0 Å². The monoisotopic (exact) mass is 265 g/mol. The van der Waals surface area contributed by atoms with E-state index in [0.717, 1.165) is 6.26 Å². The number of sulfone groups is 1. The standard InChI is InChI=1S/C13H15NO3S/c1-3-4-5-10-14-13(15)11-6-8-12(9-7-11)18(2,16)17/h6-9H,5,10H2,1-2H3,(H,14,15). The SMILES string of the molecule is CC#CCCNC(=O)c1ccc(S(C)(=O)=O)cc1. The molecule has 0 bridgehead atoms. The molecule has 0 aliphatic heterocycles. The minimum Gasteiger partial charge on any atom is -0.351 e. The molecule has 1 amide bonds. The van der Waals surface area contributed by atoms with Gasteiger partial charge in [-0.25, -0.2) is 8.42 Å². The Morgan fingerprint density at radius 1 is 1.28 bits per heavy atom. The molecule has 0 saturated heterocycles. The van der Waals surface area contributed by atoms with Crippen molar-refractivity contribution in [2.45, 2.75) is 18.2 Å². The second-order valence-corrected chi connectivity index (χ2v) is 5.74. The van der Waals surface area contributed by atoms with Crippen molar-refractivity contribution in [3.05, 3.63) is 29.8 Å². The van der Waals surface area contributed by atoms with Crippen molar-refractivity contribution >= 4 is 15.7 Å². The summed E-state index contributed by atoms with van der Waals surface area (Å²) in [6.07, 6.45) is 1.73. The van der Waals surface area contributed by atoms with Crippen LogP contribution in [0.15, 0.2) is 29.2 Å². The summed E-state index contributed by atoms with van der Waals surface area (Å²) >= 11 is 0. The normalized spacial score (nSPS) is 10.3. The third-order valence-electron chi connectivity index (χ3n) is 2.26. The molecule has 0 fully saturated rings. The van der Waals surface area contributed by atoms with E-state index in [4.69, 9.17) is 0 Å². The van der Waals surface area contributed by atoms with Crippen LogP contribution >= 0.6 is 0 Å². The molecule has 0 atom stereocenters. The van der Waals surface area contributed by atoms with E-state index in [1.807, 2.05) is 0 Å². The van der Waals surface area contributed by atoms with Crippen LogP contribution in [0.5, 0.6) is 0 Å². The highest BCUT2D eigenvalue weighted by Crippen LogP contribution is 2.10. The lowest BCUT2D eigenvalue weighted by Gasteiger charge is -2.04. The van der Waals surface area contributed by atoms with Crippen LogP contribution in [-0.4, -0.2) is 27.1 Å². The maximum atomic E-state index is 11.7. The molecule has 96 valence electrons. The zero-order valence-corrected chi connectivity index (χ0v) is 11.2. The van der Waals surface area contributed by atoms with Crippen molar-refractivity contribution < 1.29 is 13.2 Å². The molecule has 0 saturated carbocycles. The van der Waals surface area contributed by atoms with Crippen LogP contribution in [0.2, 0.25) is 0 Å². The van der Waals surface area contributed by atoms with Gasteiger partial charge in [0.1, 0.15) is 0 Å². The maximum absolute atomic E-state index is 11.7. The fourth-order valence-electron chi connectivity index (χ4n) is 1.32. The van der Waals surface area contributed by atoms with Crippen LogP contribution in [-0.2, 0) is 9.84 Å². The Morgan fingerprint density at radius 3 is 2.39 bits per heavy atom. The summed E-state index contributed by atoms with van der Waals surface area (Å²) in [6, 6.07) is 5.85. The Morgan fingerprint density at radius 2 is 1.89 bits per heavy atom. The highest BCUT2D eigenvalue weighted by Gasteiger charge is 2.09. The Kier molecular flexibility index (Phi) is 4.93. The van der Waals surface area contributed by atoms with E-state index < -0.39 is 9.84 Å². The minimum absolute atomic E-state index is 0.205. The number of carbonyl (C=O) groups excluding carboxylic acids is 1. The van der Waals surface area contributed by atoms with Crippen molar-refractivity contribution in [2.75, 3.05) is 12.8 Å². The molecule has 18 heavy (non-hydrogen) atoms. The molecule has 0 spiro atoms. The second-order valence-electron chi connectivity index (χ2n) is 3.73. The smallest absolute Gasteiger partial charge is 0.251 e. The third-order valence-corrected chi connectivity index (χ3v) is 3.39. The molecular formula is C13H15NO3S. The summed E-state index contributed by atoms with van der Waals surface area (Å²) in [5.74, 6) is 5.35. The van der Waals surface area contributed by atoms with Gasteiger partial charge < -0.3 is 5.32 Å². The number of benzene rings is 1. The van der Waals surface area contributed by atoms with Crippen molar-refractivity contribution in [2.24, 2.45) is 0 Å². The highest BCUT2D eigenvalue weighted by atomic mass is 32.2. The first-order valence-electron chi connectivity index (χ1n) is 5.43. The summed E-state index contributed by atoms with van der Waals surface area (Å²) in [6.45, 7) is 2.22. The Bertz CT molecular complexity index is 577. The first-order chi connectivity index (χ1) is 8.45. The molecule has 1 N–H and O–H groups in total. The van der Waals surface area contributed by atoms with Gasteiger partial charge in [0.05, 0.1) is 4.90 Å². The lowest BCUT2D eigenvalue weighted by Crippen LogP contribution is -2.24. The molecule has 0 aliphatic rings.